The quantitative estimate of drug-likeness (QED) is 0.781. The molecule has 1 rings (SSSR count). The number of rotatable bonds is 7. The van der Waals surface area contributed by atoms with E-state index in [0.717, 1.165) is 36.7 Å². The van der Waals surface area contributed by atoms with Crippen molar-refractivity contribution in [3.05, 3.63) is 17.7 Å². The first kappa shape index (κ1) is 14.9. The van der Waals surface area contributed by atoms with Crippen LogP contribution in [0.1, 0.15) is 58.5 Å². The average molecular weight is 250 g/mol. The molecule has 4 heteroatoms. The van der Waals surface area contributed by atoms with E-state index in [1.807, 2.05) is 6.20 Å². The van der Waals surface area contributed by atoms with E-state index in [2.05, 4.69) is 55.2 Å². The molecule has 0 aliphatic heterocycles. The highest BCUT2D eigenvalue weighted by Gasteiger charge is 2.09. The molecule has 0 bridgehead atoms. The van der Waals surface area contributed by atoms with E-state index in [0.29, 0.717) is 12.0 Å². The Hall–Kier alpha value is -1.16. The molecule has 0 atom stereocenters. The van der Waals surface area contributed by atoms with E-state index in [-0.39, 0.29) is 0 Å². The fraction of sp³-hybridized carbons (Fsp3) is 0.714. The third kappa shape index (κ3) is 4.61. The summed E-state index contributed by atoms with van der Waals surface area (Å²) >= 11 is 0. The van der Waals surface area contributed by atoms with Crippen LogP contribution in [0.25, 0.3) is 0 Å². The lowest BCUT2D eigenvalue weighted by atomic mass is 10.2. The van der Waals surface area contributed by atoms with Crippen LogP contribution >= 0.6 is 0 Å². The van der Waals surface area contributed by atoms with E-state index in [4.69, 9.17) is 0 Å². The highest BCUT2D eigenvalue weighted by molar-refractivity contribution is 5.46. The maximum atomic E-state index is 4.66. The van der Waals surface area contributed by atoms with Crippen LogP contribution in [0.3, 0.4) is 0 Å². The molecule has 0 fully saturated rings. The number of hydrogen-bond donors (Lipinski definition) is 2. The third-order valence-electron chi connectivity index (χ3n) is 2.65. The molecule has 0 aromatic carbocycles. The molecule has 0 aliphatic carbocycles. The molecule has 1 aromatic heterocycles. The highest BCUT2D eigenvalue weighted by Crippen LogP contribution is 2.16. The lowest BCUT2D eigenvalue weighted by Crippen LogP contribution is -2.24. The first-order chi connectivity index (χ1) is 8.54. The average Bonchev–Trinajstić information content (AvgIpc) is 2.33. The molecule has 0 radical (unpaired) electrons. The molecule has 0 amide bonds. The van der Waals surface area contributed by atoms with Crippen molar-refractivity contribution >= 4 is 5.69 Å². The lowest BCUT2D eigenvalue weighted by Gasteiger charge is -2.15. The minimum absolute atomic E-state index is 0.364. The SMILES string of the molecule is CCCNc1cnc(C(C)C)nc1CNC(C)C. The van der Waals surface area contributed by atoms with Crippen molar-refractivity contribution < 1.29 is 0 Å². The van der Waals surface area contributed by atoms with Crippen LogP contribution in [-0.4, -0.2) is 22.6 Å². The molecule has 0 spiro atoms. The molecule has 102 valence electrons. The van der Waals surface area contributed by atoms with E-state index < -0.39 is 0 Å². The molecule has 2 N–H and O–H groups in total. The van der Waals surface area contributed by atoms with Gasteiger partial charge in [0.15, 0.2) is 0 Å². The summed E-state index contributed by atoms with van der Waals surface area (Å²) in [4.78, 5) is 9.08. The molecule has 0 unspecified atom stereocenters. The number of nitrogens with one attached hydrogen (secondary N) is 2. The van der Waals surface area contributed by atoms with Crippen LogP contribution in [0.5, 0.6) is 0 Å². The van der Waals surface area contributed by atoms with Crippen molar-refractivity contribution in [2.45, 2.75) is 59.5 Å². The molecule has 4 nitrogen and oxygen atoms in total. The van der Waals surface area contributed by atoms with E-state index in [1.165, 1.54) is 0 Å². The fourth-order valence-corrected chi connectivity index (χ4v) is 1.55. The molecular formula is C14H26N4. The van der Waals surface area contributed by atoms with E-state index >= 15 is 0 Å². The van der Waals surface area contributed by atoms with Gasteiger partial charge in [-0.25, -0.2) is 9.97 Å². The topological polar surface area (TPSA) is 49.8 Å². The maximum Gasteiger partial charge on any atom is 0.131 e. The monoisotopic (exact) mass is 250 g/mol. The smallest absolute Gasteiger partial charge is 0.131 e. The van der Waals surface area contributed by atoms with Crippen LogP contribution in [0.2, 0.25) is 0 Å². The van der Waals surface area contributed by atoms with Gasteiger partial charge in [-0.1, -0.05) is 34.6 Å². The van der Waals surface area contributed by atoms with Gasteiger partial charge < -0.3 is 10.6 Å². The molecule has 0 saturated heterocycles. The summed E-state index contributed by atoms with van der Waals surface area (Å²) in [5, 5.41) is 6.80. The predicted octanol–water partition coefficient (Wildman–Crippen LogP) is 2.92. The van der Waals surface area contributed by atoms with Crippen LogP contribution < -0.4 is 10.6 Å². The summed E-state index contributed by atoms with van der Waals surface area (Å²) in [5.41, 5.74) is 2.12. The Labute approximate surface area is 111 Å². The second-order valence-corrected chi connectivity index (χ2v) is 5.21. The van der Waals surface area contributed by atoms with Crippen molar-refractivity contribution in [3.63, 3.8) is 0 Å². The van der Waals surface area contributed by atoms with Gasteiger partial charge in [0.05, 0.1) is 17.6 Å². The number of anilines is 1. The van der Waals surface area contributed by atoms with E-state index in [1.54, 1.807) is 0 Å². The Kier molecular flexibility index (Phi) is 6.05. The molecule has 1 aromatic rings. The second-order valence-electron chi connectivity index (χ2n) is 5.21. The van der Waals surface area contributed by atoms with Gasteiger partial charge in [-0.2, -0.15) is 0 Å². The zero-order valence-electron chi connectivity index (χ0n) is 12.2. The summed E-state index contributed by atoms with van der Waals surface area (Å²) < 4.78 is 0. The predicted molar refractivity (Wildman–Crippen MR) is 76.9 cm³/mol. The Morgan fingerprint density at radius 1 is 1.22 bits per heavy atom. The second kappa shape index (κ2) is 7.31. The summed E-state index contributed by atoms with van der Waals surface area (Å²) in [6.45, 7) is 12.4. The van der Waals surface area contributed by atoms with Crippen LogP contribution in [0.15, 0.2) is 6.20 Å². The summed E-state index contributed by atoms with van der Waals surface area (Å²) in [5.74, 6) is 1.28. The fourth-order valence-electron chi connectivity index (χ4n) is 1.55. The van der Waals surface area contributed by atoms with E-state index in [9.17, 15) is 0 Å². The highest BCUT2D eigenvalue weighted by atomic mass is 15.0. The van der Waals surface area contributed by atoms with Crippen LogP contribution in [0.4, 0.5) is 5.69 Å². The van der Waals surface area contributed by atoms with Crippen molar-refractivity contribution in [2.24, 2.45) is 0 Å². The minimum Gasteiger partial charge on any atom is -0.382 e. The number of nitrogens with zero attached hydrogens (tertiary/aromatic N) is 2. The molecule has 1 heterocycles. The van der Waals surface area contributed by atoms with Gasteiger partial charge in [0, 0.05) is 25.0 Å². The zero-order chi connectivity index (χ0) is 13.5. The van der Waals surface area contributed by atoms with Gasteiger partial charge in [0.2, 0.25) is 0 Å². The standard InChI is InChI=1S/C14H26N4/c1-6-7-15-12-8-17-14(10(2)3)18-13(12)9-16-11(4)5/h8,10-11,15-16H,6-7,9H2,1-5H3. The lowest BCUT2D eigenvalue weighted by molar-refractivity contribution is 0.577. The van der Waals surface area contributed by atoms with Gasteiger partial charge >= 0.3 is 0 Å². The molecule has 0 aliphatic rings. The largest absolute Gasteiger partial charge is 0.382 e. The van der Waals surface area contributed by atoms with Gasteiger partial charge in [0.25, 0.3) is 0 Å². The summed E-state index contributed by atoms with van der Waals surface area (Å²) in [6.07, 6.45) is 3.01. The van der Waals surface area contributed by atoms with Crippen molar-refractivity contribution in [3.8, 4) is 0 Å². The zero-order valence-corrected chi connectivity index (χ0v) is 12.2. The number of hydrogen-bond acceptors (Lipinski definition) is 4. The molecule has 0 saturated carbocycles. The first-order valence-electron chi connectivity index (χ1n) is 6.87. The van der Waals surface area contributed by atoms with Gasteiger partial charge in [-0.15, -0.1) is 0 Å². The Morgan fingerprint density at radius 3 is 2.50 bits per heavy atom. The molecule has 18 heavy (non-hydrogen) atoms. The van der Waals surface area contributed by atoms with Crippen LogP contribution in [0, 0.1) is 0 Å². The Morgan fingerprint density at radius 2 is 1.94 bits per heavy atom. The third-order valence-corrected chi connectivity index (χ3v) is 2.65. The van der Waals surface area contributed by atoms with Gasteiger partial charge in [0.1, 0.15) is 5.82 Å². The van der Waals surface area contributed by atoms with Crippen molar-refractivity contribution in [2.75, 3.05) is 11.9 Å². The Balaban J connectivity index is 2.86. The maximum absolute atomic E-state index is 4.66. The first-order valence-corrected chi connectivity index (χ1v) is 6.87. The van der Waals surface area contributed by atoms with Crippen molar-refractivity contribution in [1.82, 2.24) is 15.3 Å². The normalized spacial score (nSPS) is 11.3. The van der Waals surface area contributed by atoms with Gasteiger partial charge in [-0.05, 0) is 6.42 Å². The van der Waals surface area contributed by atoms with Crippen LogP contribution in [-0.2, 0) is 6.54 Å². The Bertz CT molecular complexity index is 361. The van der Waals surface area contributed by atoms with Crippen molar-refractivity contribution in [1.29, 1.82) is 0 Å². The van der Waals surface area contributed by atoms with Gasteiger partial charge in [-0.3, -0.25) is 0 Å². The number of aromatic nitrogens is 2. The summed E-state index contributed by atoms with van der Waals surface area (Å²) in [6, 6.07) is 0.460. The summed E-state index contributed by atoms with van der Waals surface area (Å²) in [7, 11) is 0. The minimum atomic E-state index is 0.364. The molecular weight excluding hydrogens is 224 g/mol.